The Morgan fingerprint density at radius 2 is 0.548 bits per heavy atom. The number of benzene rings is 12. The Morgan fingerprint density at radius 1 is 0.269 bits per heavy atom. The molecule has 0 atom stereocenters. The molecule has 0 saturated carbocycles. The topological polar surface area (TPSA) is 122 Å². The minimum absolute atomic E-state index is 0.389. The van der Waals surface area contributed by atoms with E-state index in [4.69, 9.17) is 60.8 Å². The van der Waals surface area contributed by atoms with Crippen molar-refractivity contribution in [1.82, 2.24) is 39.9 Å². The summed E-state index contributed by atoms with van der Waals surface area (Å²) in [4.78, 5) is 39.3. The number of hydrogen-bond acceptors (Lipinski definition) is 12. The summed E-state index contributed by atoms with van der Waals surface area (Å²) >= 11 is 10.0. The van der Waals surface area contributed by atoms with Gasteiger partial charge in [-0.25, -0.2) is 39.9 Å². The van der Waals surface area contributed by atoms with E-state index in [1.807, 2.05) is 146 Å². The molecule has 10 nitrogen and oxygen atoms in total. The van der Waals surface area contributed by atoms with Gasteiger partial charge in [-0.05, 0) is 85.2 Å². The Bertz CT molecular complexity index is 6160. The lowest BCUT2D eigenvalue weighted by molar-refractivity contribution is 0.00578. The molecule has 1 aliphatic heterocycles. The van der Waals surface area contributed by atoms with Gasteiger partial charge in [0.05, 0.1) is 47.7 Å². The summed E-state index contributed by atoms with van der Waals surface area (Å²) in [6, 6.07) is 108. The van der Waals surface area contributed by atoms with Gasteiger partial charge in [-0.2, -0.15) is 0 Å². The van der Waals surface area contributed by atoms with Gasteiger partial charge in [0.15, 0.2) is 34.9 Å². The summed E-state index contributed by atoms with van der Waals surface area (Å²) in [6.07, 6.45) is 0. The van der Waals surface area contributed by atoms with Gasteiger partial charge in [-0.3, -0.25) is 0 Å². The Morgan fingerprint density at radius 3 is 0.962 bits per heavy atom. The second-order valence-electron chi connectivity index (χ2n) is 26.5. The molecule has 0 aliphatic carbocycles. The second-order valence-corrected chi connectivity index (χ2v) is 29.0. The highest BCUT2D eigenvalue weighted by molar-refractivity contribution is 7.26. The Labute approximate surface area is 615 Å². The quantitative estimate of drug-likeness (QED) is 0.122. The van der Waals surface area contributed by atoms with E-state index >= 15 is 0 Å². The summed E-state index contributed by atoms with van der Waals surface area (Å²) in [6.45, 7) is 8.24. The van der Waals surface area contributed by atoms with Crippen molar-refractivity contribution in [2.45, 2.75) is 38.9 Å². The van der Waals surface area contributed by atoms with Crippen LogP contribution in [-0.2, 0) is 9.31 Å². The van der Waals surface area contributed by atoms with Crippen LogP contribution in [0.15, 0.2) is 315 Å². The van der Waals surface area contributed by atoms with Gasteiger partial charge in [0.2, 0.25) is 0 Å². The lowest BCUT2D eigenvalue weighted by Crippen LogP contribution is -2.41. The molecule has 0 bridgehead atoms. The zero-order valence-electron chi connectivity index (χ0n) is 57.2. The highest BCUT2D eigenvalue weighted by atomic mass is 35.5. The molecule has 0 unspecified atom stereocenters. The molecule has 0 amide bonds. The van der Waals surface area contributed by atoms with Crippen molar-refractivity contribution in [3.63, 3.8) is 0 Å². The Kier molecular flexibility index (Phi) is 17.5. The van der Waals surface area contributed by atoms with Crippen LogP contribution in [0.25, 0.3) is 164 Å². The lowest BCUT2D eigenvalue weighted by atomic mass is 9.79. The van der Waals surface area contributed by atoms with E-state index in [0.717, 1.165) is 98.1 Å². The van der Waals surface area contributed by atoms with E-state index in [1.165, 1.54) is 41.6 Å². The first-order chi connectivity index (χ1) is 50.9. The number of hydrogen-bond donors (Lipinski definition) is 0. The van der Waals surface area contributed by atoms with Gasteiger partial charge in [0.1, 0.15) is 0 Å². The van der Waals surface area contributed by atoms with Crippen molar-refractivity contribution in [1.29, 1.82) is 0 Å². The predicted octanol–water partition coefficient (Wildman–Crippen LogP) is 23.2. The van der Waals surface area contributed by atoms with E-state index < -0.39 is 7.12 Å². The number of para-hydroxylation sites is 2. The van der Waals surface area contributed by atoms with E-state index in [-0.39, 0.29) is 11.2 Å². The molecule has 498 valence electrons. The number of halogens is 1. The Balaban J connectivity index is 0.000000126. The summed E-state index contributed by atoms with van der Waals surface area (Å²) in [7, 11) is -0.416. The number of nitrogens with zero attached hydrogens (tertiary/aromatic N) is 8. The predicted molar refractivity (Wildman–Crippen MR) is 432 cm³/mol. The maximum Gasteiger partial charge on any atom is 0.494 e. The first-order valence-corrected chi connectivity index (χ1v) is 36.5. The van der Waals surface area contributed by atoms with Crippen LogP contribution >= 0.6 is 34.3 Å². The molecule has 104 heavy (non-hydrogen) atoms. The van der Waals surface area contributed by atoms with Crippen LogP contribution in [-0.4, -0.2) is 58.2 Å². The summed E-state index contributed by atoms with van der Waals surface area (Å²) < 4.78 is 17.2. The zero-order valence-corrected chi connectivity index (χ0v) is 59.6. The fourth-order valence-corrected chi connectivity index (χ4v) is 15.7. The molecule has 0 spiro atoms. The highest BCUT2D eigenvalue weighted by Crippen LogP contribution is 2.45. The van der Waals surface area contributed by atoms with Gasteiger partial charge >= 0.3 is 7.12 Å². The molecule has 14 heteroatoms. The normalized spacial score (nSPS) is 13.1. The van der Waals surface area contributed by atoms with E-state index in [1.54, 1.807) is 22.7 Å². The van der Waals surface area contributed by atoms with Crippen molar-refractivity contribution in [3.05, 3.63) is 320 Å². The van der Waals surface area contributed by atoms with Crippen molar-refractivity contribution in [2.24, 2.45) is 0 Å². The minimum atomic E-state index is -0.416. The smallest absolute Gasteiger partial charge is 0.399 e. The van der Waals surface area contributed by atoms with Crippen LogP contribution in [0.5, 0.6) is 0 Å². The number of aromatic nitrogens is 8. The number of rotatable bonds is 10. The third-order valence-electron chi connectivity index (χ3n) is 19.3. The molecule has 1 fully saturated rings. The molecule has 6 aromatic heterocycles. The van der Waals surface area contributed by atoms with Crippen LogP contribution in [0.3, 0.4) is 0 Å². The van der Waals surface area contributed by atoms with Gasteiger partial charge < -0.3 is 9.31 Å². The maximum atomic E-state index is 6.52. The summed E-state index contributed by atoms with van der Waals surface area (Å²) in [5.74, 6) is 3.82. The number of pyridine rings is 2. The highest BCUT2D eigenvalue weighted by Gasteiger charge is 2.51. The van der Waals surface area contributed by atoms with Gasteiger partial charge in [0, 0.05) is 69.9 Å². The maximum absolute atomic E-state index is 6.52. The molecular formula is C90H64BClN8O2S2. The van der Waals surface area contributed by atoms with Crippen LogP contribution in [0.1, 0.15) is 27.7 Å². The fraction of sp³-hybridized carbons (Fsp3) is 0.0667. The third kappa shape index (κ3) is 13.0. The van der Waals surface area contributed by atoms with Crippen molar-refractivity contribution in [3.8, 4) is 102 Å². The fourth-order valence-electron chi connectivity index (χ4n) is 13.1. The number of fused-ring (bicyclic) bond motifs is 8. The van der Waals surface area contributed by atoms with Crippen LogP contribution < -0.4 is 5.46 Å². The number of thiophene rings is 2. The first kappa shape index (κ1) is 65.5. The van der Waals surface area contributed by atoms with Crippen molar-refractivity contribution in [2.75, 3.05) is 0 Å². The van der Waals surface area contributed by atoms with Crippen LogP contribution in [0.2, 0.25) is 5.02 Å². The van der Waals surface area contributed by atoms with Crippen molar-refractivity contribution < 1.29 is 9.31 Å². The molecule has 1 aliphatic rings. The average Bonchev–Trinajstić information content (AvgIpc) is 1.57. The minimum Gasteiger partial charge on any atom is -0.399 e. The molecule has 18 aromatic rings. The molecular weight excluding hydrogens is 1340 g/mol. The van der Waals surface area contributed by atoms with E-state index in [2.05, 4.69) is 198 Å². The average molecular weight is 1400 g/mol. The summed E-state index contributed by atoms with van der Waals surface area (Å²) in [5, 5.41) is 5.37. The first-order valence-electron chi connectivity index (χ1n) is 34.5. The van der Waals surface area contributed by atoms with Crippen molar-refractivity contribution >= 4 is 109 Å². The van der Waals surface area contributed by atoms with Crippen LogP contribution in [0, 0.1) is 0 Å². The largest absolute Gasteiger partial charge is 0.494 e. The summed E-state index contributed by atoms with van der Waals surface area (Å²) in [5.41, 5.74) is 16.8. The van der Waals surface area contributed by atoms with Gasteiger partial charge in [-0.15, -0.1) is 22.7 Å². The molecule has 0 N–H and O–H groups in total. The molecule has 19 rings (SSSR count). The standard InChI is InChI=1S/C42H26N4S.C33H30BN3O2.C15H8ClNS/c1-3-11-27(12-4-1)28-19-23-31(24-20-28)41-44-40(30-13-5-2-6-14-30)45-42(46-41)32-25-21-29(22-26-32)37-33-15-7-9-17-35(33)43-38-34-16-8-10-18-36(34)47-39(37)38;1-32(2)33(3,4)39-34(38-32)28-21-19-27(20-22-28)31-36-29(25-13-9-6-10-14-25)35-30(37-31)26-17-15-24(16-18-26)23-11-7-5-8-12-23;16-13-9-5-1-3-7-11(9)17-14-10-6-2-4-8-12(10)18-15(13)14/h1-26H;5-22H,1-4H3;1-8H. The second kappa shape index (κ2) is 27.9. The van der Waals surface area contributed by atoms with Gasteiger partial charge in [0.25, 0.3) is 0 Å². The van der Waals surface area contributed by atoms with E-state index in [0.29, 0.717) is 34.9 Å². The van der Waals surface area contributed by atoms with Crippen LogP contribution in [0.4, 0.5) is 0 Å². The lowest BCUT2D eigenvalue weighted by Gasteiger charge is -2.32. The molecule has 1 saturated heterocycles. The third-order valence-corrected chi connectivity index (χ3v) is 22.2. The Hall–Kier alpha value is -11.8. The monoisotopic (exact) mass is 1400 g/mol. The zero-order chi connectivity index (χ0) is 70.3. The molecule has 7 heterocycles. The molecule has 12 aromatic carbocycles. The SMILES string of the molecule is CC1(C)OB(c2ccc(-c3nc(-c4ccccc4)nc(-c4ccc(-c5ccccc5)cc4)n3)cc2)OC1(C)C.Clc1c2ccccc2nc2c1sc1ccccc12.c1ccc(-c2ccc(-c3nc(-c4ccccc4)nc(-c4ccc(-c5c6ccccc6nc6c5sc5ccccc56)cc4)n3)cc2)cc1. The van der Waals surface area contributed by atoms with Gasteiger partial charge in [-0.1, -0.05) is 303 Å². The van der Waals surface area contributed by atoms with E-state index in [9.17, 15) is 0 Å². The molecule has 0 radical (unpaired) electrons.